The Morgan fingerprint density at radius 2 is 1.73 bits per heavy atom. The summed E-state index contributed by atoms with van der Waals surface area (Å²) in [7, 11) is 0. The summed E-state index contributed by atoms with van der Waals surface area (Å²) < 4.78 is 20.8. The highest BCUT2D eigenvalue weighted by Gasteiger charge is 2.46. The van der Waals surface area contributed by atoms with E-state index in [9.17, 15) is 24.0 Å². The van der Waals surface area contributed by atoms with Gasteiger partial charge in [0.25, 0.3) is 11.8 Å². The molecule has 3 aliphatic rings. The number of hydrogen-bond donors (Lipinski definition) is 1. The monoisotopic (exact) mass is 460 g/mol. The molecule has 1 aromatic rings. The van der Waals surface area contributed by atoms with Gasteiger partial charge in [-0.2, -0.15) is 0 Å². The predicted octanol–water partition coefficient (Wildman–Crippen LogP) is 1.28. The number of fused-ring (bicyclic) bond motifs is 1. The van der Waals surface area contributed by atoms with Crippen molar-refractivity contribution in [2.75, 3.05) is 31.1 Å². The highest BCUT2D eigenvalue weighted by molar-refractivity contribution is 6.24. The van der Waals surface area contributed by atoms with Crippen LogP contribution >= 0.6 is 0 Å². The van der Waals surface area contributed by atoms with E-state index < -0.39 is 47.2 Å². The largest absolute Gasteiger partial charge is 0.444 e. The van der Waals surface area contributed by atoms with Crippen LogP contribution in [0.15, 0.2) is 12.1 Å². The first-order chi connectivity index (χ1) is 15.5. The zero-order chi connectivity index (χ0) is 24.1. The summed E-state index contributed by atoms with van der Waals surface area (Å²) >= 11 is 0. The normalized spacial score (nSPS) is 21.3. The molecule has 3 heterocycles. The Kier molecular flexibility index (Phi) is 5.59. The van der Waals surface area contributed by atoms with E-state index in [4.69, 9.17) is 4.74 Å². The van der Waals surface area contributed by atoms with Crippen molar-refractivity contribution in [3.8, 4) is 0 Å². The third-order valence-electron chi connectivity index (χ3n) is 5.80. The molecule has 1 aromatic carbocycles. The molecule has 4 rings (SSSR count). The van der Waals surface area contributed by atoms with Crippen molar-refractivity contribution in [3.05, 3.63) is 29.1 Å². The molecule has 176 valence electrons. The van der Waals surface area contributed by atoms with Gasteiger partial charge in [-0.25, -0.2) is 9.18 Å². The quantitative estimate of drug-likeness (QED) is 0.661. The topological polar surface area (TPSA) is 116 Å². The first-order valence-corrected chi connectivity index (χ1v) is 10.7. The van der Waals surface area contributed by atoms with E-state index in [2.05, 4.69) is 5.32 Å². The van der Waals surface area contributed by atoms with Gasteiger partial charge in [0.15, 0.2) is 5.82 Å². The summed E-state index contributed by atoms with van der Waals surface area (Å²) in [5, 5.41) is 2.11. The molecule has 0 aromatic heterocycles. The molecule has 2 fully saturated rings. The Hall–Kier alpha value is -3.50. The molecule has 10 nitrogen and oxygen atoms in total. The molecule has 1 unspecified atom stereocenters. The first kappa shape index (κ1) is 22.7. The average molecular weight is 460 g/mol. The number of benzene rings is 1. The number of hydrogen-bond acceptors (Lipinski definition) is 7. The predicted molar refractivity (Wildman–Crippen MR) is 113 cm³/mol. The molecular formula is C22H25FN4O6. The smallest absolute Gasteiger partial charge is 0.410 e. The summed E-state index contributed by atoms with van der Waals surface area (Å²) in [5.41, 5.74) is -0.972. The molecule has 2 saturated heterocycles. The molecular weight excluding hydrogens is 435 g/mol. The number of piperidine rings is 1. The summed E-state index contributed by atoms with van der Waals surface area (Å²) in [6.45, 7) is 6.57. The van der Waals surface area contributed by atoms with Gasteiger partial charge in [-0.3, -0.25) is 29.4 Å². The number of amides is 5. The number of nitrogens with one attached hydrogen (secondary N) is 1. The number of ether oxygens (including phenoxy) is 1. The van der Waals surface area contributed by atoms with Crippen LogP contribution in [0.1, 0.15) is 54.3 Å². The van der Waals surface area contributed by atoms with Crippen LogP contribution < -0.4 is 10.2 Å². The molecule has 0 spiro atoms. The lowest BCUT2D eigenvalue weighted by Gasteiger charge is -2.37. The summed E-state index contributed by atoms with van der Waals surface area (Å²) in [4.78, 5) is 65.6. The molecule has 11 heteroatoms. The fourth-order valence-electron chi connectivity index (χ4n) is 4.21. The second-order valence-corrected chi connectivity index (χ2v) is 9.22. The second kappa shape index (κ2) is 8.13. The molecule has 0 saturated carbocycles. The van der Waals surface area contributed by atoms with Crippen molar-refractivity contribution in [1.29, 1.82) is 0 Å². The minimum Gasteiger partial charge on any atom is -0.444 e. The number of imide groups is 2. The molecule has 5 amide bonds. The molecule has 0 aliphatic carbocycles. The molecule has 1 atom stereocenters. The maximum absolute atomic E-state index is 15.5. The fourth-order valence-corrected chi connectivity index (χ4v) is 4.21. The van der Waals surface area contributed by atoms with Crippen molar-refractivity contribution in [2.45, 2.75) is 45.3 Å². The summed E-state index contributed by atoms with van der Waals surface area (Å²) in [5.74, 6) is -3.72. The number of piperazine rings is 1. The molecule has 33 heavy (non-hydrogen) atoms. The van der Waals surface area contributed by atoms with Crippen molar-refractivity contribution >= 4 is 35.4 Å². The minimum atomic E-state index is -1.16. The summed E-state index contributed by atoms with van der Waals surface area (Å²) in [6, 6.07) is 1.65. The van der Waals surface area contributed by atoms with Gasteiger partial charge >= 0.3 is 6.09 Å². The van der Waals surface area contributed by atoms with Crippen LogP contribution in [0.25, 0.3) is 0 Å². The van der Waals surface area contributed by atoms with Crippen LogP contribution in [0.3, 0.4) is 0 Å². The van der Waals surface area contributed by atoms with Gasteiger partial charge in [0, 0.05) is 32.6 Å². The number of anilines is 1. The number of carbonyl (C=O) groups is 5. The van der Waals surface area contributed by atoms with Gasteiger partial charge in [0.2, 0.25) is 11.8 Å². The number of carbonyl (C=O) groups excluding carboxylic acids is 5. The van der Waals surface area contributed by atoms with Gasteiger partial charge in [-0.05, 0) is 39.3 Å². The highest BCUT2D eigenvalue weighted by Crippen LogP contribution is 2.34. The first-order valence-electron chi connectivity index (χ1n) is 10.7. The Bertz CT molecular complexity index is 1060. The van der Waals surface area contributed by atoms with Crippen LogP contribution in [0.2, 0.25) is 0 Å². The van der Waals surface area contributed by atoms with Crippen molar-refractivity contribution in [1.82, 2.24) is 15.1 Å². The van der Waals surface area contributed by atoms with Crippen molar-refractivity contribution in [3.63, 3.8) is 0 Å². The van der Waals surface area contributed by atoms with Gasteiger partial charge < -0.3 is 14.5 Å². The van der Waals surface area contributed by atoms with Gasteiger partial charge in [0.05, 0.1) is 16.8 Å². The van der Waals surface area contributed by atoms with Gasteiger partial charge in [0.1, 0.15) is 11.6 Å². The lowest BCUT2D eigenvalue weighted by atomic mass is 10.0. The Balaban J connectivity index is 1.52. The SMILES string of the molecule is CC(C)(C)OC(=O)N1CCN(c2ccc3c(c2F)C(=O)N(C2CCC(=O)NC2=O)C3=O)CC1. The van der Waals surface area contributed by atoms with Crippen LogP contribution in [-0.4, -0.2) is 77.3 Å². The van der Waals surface area contributed by atoms with E-state index in [1.165, 1.54) is 17.0 Å². The minimum absolute atomic E-state index is 0.00274. The number of rotatable bonds is 2. The fraction of sp³-hybridized carbons (Fsp3) is 0.500. The number of halogens is 1. The summed E-state index contributed by atoms with van der Waals surface area (Å²) in [6.07, 6.45) is -0.464. The van der Waals surface area contributed by atoms with E-state index >= 15 is 4.39 Å². The molecule has 0 radical (unpaired) electrons. The molecule has 1 N–H and O–H groups in total. The molecule has 3 aliphatic heterocycles. The standard InChI is InChI=1S/C22H25FN4O6/c1-22(2,3)33-21(32)26-10-8-25(9-11-26)13-5-4-12-16(17(13)23)20(31)27(19(12)30)14-6-7-15(28)24-18(14)29/h4-5,14H,6-11H2,1-3H3,(H,24,28,29). The zero-order valence-electron chi connectivity index (χ0n) is 18.6. The molecule has 0 bridgehead atoms. The van der Waals surface area contributed by atoms with Crippen LogP contribution in [-0.2, 0) is 14.3 Å². The average Bonchev–Trinajstić information content (AvgIpc) is 2.98. The Morgan fingerprint density at radius 1 is 1.06 bits per heavy atom. The van der Waals surface area contributed by atoms with Gasteiger partial charge in [-0.15, -0.1) is 0 Å². The maximum atomic E-state index is 15.5. The van der Waals surface area contributed by atoms with Crippen molar-refractivity contribution in [2.24, 2.45) is 0 Å². The van der Waals surface area contributed by atoms with Crippen LogP contribution in [0, 0.1) is 5.82 Å². The van der Waals surface area contributed by atoms with Crippen molar-refractivity contribution < 1.29 is 33.1 Å². The van der Waals surface area contributed by atoms with Gasteiger partial charge in [-0.1, -0.05) is 0 Å². The van der Waals surface area contributed by atoms with E-state index in [1.54, 1.807) is 25.7 Å². The maximum Gasteiger partial charge on any atom is 0.410 e. The van der Waals surface area contributed by atoms with Crippen LogP contribution in [0.4, 0.5) is 14.9 Å². The lowest BCUT2D eigenvalue weighted by Crippen LogP contribution is -2.54. The zero-order valence-corrected chi connectivity index (χ0v) is 18.6. The highest BCUT2D eigenvalue weighted by atomic mass is 19.1. The van der Waals surface area contributed by atoms with E-state index in [1.807, 2.05) is 0 Å². The Morgan fingerprint density at radius 3 is 2.33 bits per heavy atom. The van der Waals surface area contributed by atoms with E-state index in [0.29, 0.717) is 26.2 Å². The van der Waals surface area contributed by atoms with Crippen LogP contribution in [0.5, 0.6) is 0 Å². The third-order valence-corrected chi connectivity index (χ3v) is 5.80. The van der Waals surface area contributed by atoms with E-state index in [0.717, 1.165) is 4.90 Å². The third kappa shape index (κ3) is 4.14. The van der Waals surface area contributed by atoms with E-state index in [-0.39, 0.29) is 29.7 Å². The second-order valence-electron chi connectivity index (χ2n) is 9.22. The lowest BCUT2D eigenvalue weighted by molar-refractivity contribution is -0.136. The Labute approximate surface area is 189 Å². The number of nitrogens with zero attached hydrogens (tertiary/aromatic N) is 3.